The van der Waals surface area contributed by atoms with Crippen LogP contribution in [0.2, 0.25) is 0 Å². The third kappa shape index (κ3) is 3.03. The quantitative estimate of drug-likeness (QED) is 0.872. The summed E-state index contributed by atoms with van der Waals surface area (Å²) < 4.78 is 46.9. The third-order valence-electron chi connectivity index (χ3n) is 4.50. The first-order valence-electron chi connectivity index (χ1n) is 7.81. The number of halogens is 3. The normalized spacial score (nSPS) is 27.4. The molecule has 0 amide bonds. The fourth-order valence-corrected chi connectivity index (χ4v) is 3.14. The van der Waals surface area contributed by atoms with Gasteiger partial charge in [0.1, 0.15) is 5.69 Å². The first kappa shape index (κ1) is 16.9. The SMILES string of the molecule is CC[C@H]1OC(O)C[C@@H](n2cc(-c3cc(F)c(F)c(F)c3)nn2)[C@@H]1C. The molecule has 5 nitrogen and oxygen atoms in total. The van der Waals surface area contributed by atoms with Crippen LogP contribution in [0.15, 0.2) is 18.3 Å². The lowest BCUT2D eigenvalue weighted by Gasteiger charge is -2.38. The molecule has 2 heterocycles. The topological polar surface area (TPSA) is 60.2 Å². The van der Waals surface area contributed by atoms with Crippen molar-refractivity contribution in [3.63, 3.8) is 0 Å². The van der Waals surface area contributed by atoms with E-state index in [-0.39, 0.29) is 29.3 Å². The van der Waals surface area contributed by atoms with Crippen molar-refractivity contribution in [3.05, 3.63) is 35.8 Å². The molecule has 0 spiro atoms. The minimum absolute atomic E-state index is 0.0784. The van der Waals surface area contributed by atoms with Gasteiger partial charge in [0.15, 0.2) is 23.7 Å². The van der Waals surface area contributed by atoms with Crippen LogP contribution in [0.5, 0.6) is 0 Å². The second-order valence-corrected chi connectivity index (χ2v) is 6.04. The van der Waals surface area contributed by atoms with Crippen LogP contribution in [-0.4, -0.2) is 32.5 Å². The van der Waals surface area contributed by atoms with Crippen molar-refractivity contribution < 1.29 is 23.0 Å². The molecule has 1 unspecified atom stereocenters. The van der Waals surface area contributed by atoms with Gasteiger partial charge in [-0.2, -0.15) is 0 Å². The maximum Gasteiger partial charge on any atom is 0.194 e. The molecule has 0 radical (unpaired) electrons. The zero-order chi connectivity index (χ0) is 17.4. The van der Waals surface area contributed by atoms with Crippen LogP contribution in [0.4, 0.5) is 13.2 Å². The molecular formula is C16H18F3N3O2. The predicted molar refractivity (Wildman–Crippen MR) is 79.3 cm³/mol. The minimum atomic E-state index is -1.52. The Morgan fingerprint density at radius 3 is 2.58 bits per heavy atom. The van der Waals surface area contributed by atoms with Crippen LogP contribution in [-0.2, 0) is 4.74 Å². The Morgan fingerprint density at radius 1 is 1.29 bits per heavy atom. The average Bonchev–Trinajstić information content (AvgIpc) is 3.03. The highest BCUT2D eigenvalue weighted by Crippen LogP contribution is 2.35. The van der Waals surface area contributed by atoms with Gasteiger partial charge in [0.05, 0.1) is 18.3 Å². The molecule has 1 N–H and O–H groups in total. The van der Waals surface area contributed by atoms with Gasteiger partial charge in [-0.1, -0.05) is 19.1 Å². The zero-order valence-electron chi connectivity index (χ0n) is 13.3. The Kier molecular flexibility index (Phi) is 4.60. The second-order valence-electron chi connectivity index (χ2n) is 6.04. The summed E-state index contributed by atoms with van der Waals surface area (Å²) in [5, 5.41) is 17.8. The predicted octanol–water partition coefficient (Wildman–Crippen LogP) is 3.06. The highest BCUT2D eigenvalue weighted by atomic mass is 19.2. The van der Waals surface area contributed by atoms with Crippen LogP contribution in [0.3, 0.4) is 0 Å². The molecule has 3 rings (SSSR count). The standard InChI is InChI=1S/C16H18F3N3O2/c1-3-14-8(2)13(6-15(23)24-14)22-7-12(20-21-22)9-4-10(17)16(19)11(18)5-9/h4-5,7-8,13-15,23H,3,6H2,1-2H3/t8-,13+,14+,15?/m0/s1. The monoisotopic (exact) mass is 341 g/mol. The number of ether oxygens (including phenoxy) is 1. The molecule has 0 bridgehead atoms. The molecule has 2 aromatic rings. The van der Waals surface area contributed by atoms with E-state index in [1.807, 2.05) is 13.8 Å². The highest BCUT2D eigenvalue weighted by molar-refractivity contribution is 5.57. The summed E-state index contributed by atoms with van der Waals surface area (Å²) in [4.78, 5) is 0. The lowest BCUT2D eigenvalue weighted by Crippen LogP contribution is -2.40. The first-order valence-corrected chi connectivity index (χ1v) is 7.81. The minimum Gasteiger partial charge on any atom is -0.368 e. The highest BCUT2D eigenvalue weighted by Gasteiger charge is 2.36. The molecule has 1 aromatic heterocycles. The van der Waals surface area contributed by atoms with Crippen molar-refractivity contribution in [1.29, 1.82) is 0 Å². The zero-order valence-corrected chi connectivity index (χ0v) is 13.3. The maximum absolute atomic E-state index is 13.4. The molecule has 0 saturated carbocycles. The summed E-state index contributed by atoms with van der Waals surface area (Å²) in [6.07, 6.45) is 1.60. The fraction of sp³-hybridized carbons (Fsp3) is 0.500. The van der Waals surface area contributed by atoms with E-state index in [1.54, 1.807) is 4.68 Å². The van der Waals surface area contributed by atoms with E-state index in [0.717, 1.165) is 18.6 Å². The van der Waals surface area contributed by atoms with Crippen molar-refractivity contribution in [1.82, 2.24) is 15.0 Å². The summed E-state index contributed by atoms with van der Waals surface area (Å²) in [5.74, 6) is -3.99. The number of aliphatic hydroxyl groups is 1. The molecule has 4 atom stereocenters. The first-order chi connectivity index (χ1) is 11.4. The van der Waals surface area contributed by atoms with E-state index in [2.05, 4.69) is 10.3 Å². The average molecular weight is 341 g/mol. The molecule has 1 aliphatic rings. The maximum atomic E-state index is 13.4. The molecule has 1 saturated heterocycles. The van der Waals surface area contributed by atoms with Gasteiger partial charge in [-0.15, -0.1) is 5.10 Å². The summed E-state index contributed by atoms with van der Waals surface area (Å²) in [6.45, 7) is 3.95. The summed E-state index contributed by atoms with van der Waals surface area (Å²) >= 11 is 0. The van der Waals surface area contributed by atoms with Gasteiger partial charge in [0.25, 0.3) is 0 Å². The Labute approximate surface area is 137 Å². The molecule has 8 heteroatoms. The molecule has 1 aliphatic heterocycles. The van der Waals surface area contributed by atoms with E-state index in [1.165, 1.54) is 6.20 Å². The van der Waals surface area contributed by atoms with Gasteiger partial charge in [-0.25, -0.2) is 17.9 Å². The van der Waals surface area contributed by atoms with Crippen molar-refractivity contribution >= 4 is 0 Å². The largest absolute Gasteiger partial charge is 0.368 e. The van der Waals surface area contributed by atoms with E-state index in [9.17, 15) is 18.3 Å². The lowest BCUT2D eigenvalue weighted by atomic mass is 9.89. The van der Waals surface area contributed by atoms with Crippen LogP contribution < -0.4 is 0 Å². The molecule has 130 valence electrons. The van der Waals surface area contributed by atoms with Crippen molar-refractivity contribution in [3.8, 4) is 11.3 Å². The van der Waals surface area contributed by atoms with E-state index in [4.69, 9.17) is 4.74 Å². The van der Waals surface area contributed by atoms with Crippen LogP contribution >= 0.6 is 0 Å². The van der Waals surface area contributed by atoms with Gasteiger partial charge in [-0.3, -0.25) is 0 Å². The van der Waals surface area contributed by atoms with Gasteiger partial charge in [0, 0.05) is 17.9 Å². The van der Waals surface area contributed by atoms with Gasteiger partial charge in [0.2, 0.25) is 0 Å². The summed E-state index contributed by atoms with van der Waals surface area (Å²) in [6, 6.07) is 1.60. The number of benzene rings is 1. The number of rotatable bonds is 3. The van der Waals surface area contributed by atoms with Crippen molar-refractivity contribution in [2.24, 2.45) is 5.92 Å². The van der Waals surface area contributed by atoms with Crippen molar-refractivity contribution in [2.75, 3.05) is 0 Å². The summed E-state index contributed by atoms with van der Waals surface area (Å²) in [7, 11) is 0. The smallest absolute Gasteiger partial charge is 0.194 e. The number of hydrogen-bond acceptors (Lipinski definition) is 4. The van der Waals surface area contributed by atoms with E-state index >= 15 is 0 Å². The van der Waals surface area contributed by atoms with Crippen LogP contribution in [0, 0.1) is 23.4 Å². The number of aromatic nitrogens is 3. The molecular weight excluding hydrogens is 323 g/mol. The Bertz CT molecular complexity index is 714. The third-order valence-corrected chi connectivity index (χ3v) is 4.50. The van der Waals surface area contributed by atoms with Crippen LogP contribution in [0.25, 0.3) is 11.3 Å². The number of nitrogens with zero attached hydrogens (tertiary/aromatic N) is 3. The van der Waals surface area contributed by atoms with Crippen molar-refractivity contribution in [2.45, 2.75) is 45.1 Å². The molecule has 1 fully saturated rings. The molecule has 0 aliphatic carbocycles. The molecule has 1 aromatic carbocycles. The van der Waals surface area contributed by atoms with Crippen LogP contribution in [0.1, 0.15) is 32.7 Å². The van der Waals surface area contributed by atoms with Gasteiger partial charge < -0.3 is 9.84 Å². The lowest BCUT2D eigenvalue weighted by molar-refractivity contribution is -0.195. The van der Waals surface area contributed by atoms with Gasteiger partial charge in [-0.05, 0) is 18.6 Å². The summed E-state index contributed by atoms with van der Waals surface area (Å²) in [5.41, 5.74) is 0.332. The Balaban J connectivity index is 1.90. The number of aliphatic hydroxyl groups excluding tert-OH is 1. The Hall–Kier alpha value is -1.93. The van der Waals surface area contributed by atoms with E-state index < -0.39 is 23.7 Å². The second kappa shape index (κ2) is 6.52. The molecule has 24 heavy (non-hydrogen) atoms. The fourth-order valence-electron chi connectivity index (χ4n) is 3.14. The Morgan fingerprint density at radius 2 is 1.96 bits per heavy atom. The van der Waals surface area contributed by atoms with Gasteiger partial charge >= 0.3 is 0 Å². The number of hydrogen-bond donors (Lipinski definition) is 1. The van der Waals surface area contributed by atoms with E-state index in [0.29, 0.717) is 6.42 Å².